The zero-order chi connectivity index (χ0) is 15.8. The van der Waals surface area contributed by atoms with Crippen LogP contribution in [0.25, 0.3) is 0 Å². The minimum Gasteiger partial charge on any atom is -0.465 e. The van der Waals surface area contributed by atoms with Crippen molar-refractivity contribution in [2.75, 3.05) is 27.7 Å². The summed E-state index contributed by atoms with van der Waals surface area (Å²) in [6.45, 7) is 1.48. The smallest absolute Gasteiger partial charge is 0.274 e. The van der Waals surface area contributed by atoms with Gasteiger partial charge in [-0.1, -0.05) is 0 Å². The van der Waals surface area contributed by atoms with Crippen molar-refractivity contribution in [2.45, 2.75) is 25.8 Å². The van der Waals surface area contributed by atoms with E-state index >= 15 is 0 Å². The molecule has 7 nitrogen and oxygen atoms in total. The van der Waals surface area contributed by atoms with Crippen LogP contribution in [-0.2, 0) is 13.0 Å². The summed E-state index contributed by atoms with van der Waals surface area (Å²) < 4.78 is 5.72. The Morgan fingerprint density at radius 3 is 2.62 bits per heavy atom. The van der Waals surface area contributed by atoms with E-state index in [0.717, 1.165) is 43.5 Å². The fourth-order valence-electron chi connectivity index (χ4n) is 1.94. The van der Waals surface area contributed by atoms with Crippen molar-refractivity contribution in [3.63, 3.8) is 0 Å². The van der Waals surface area contributed by atoms with Gasteiger partial charge in [0.05, 0.1) is 11.5 Å². The van der Waals surface area contributed by atoms with Gasteiger partial charge in [0, 0.05) is 20.0 Å². The standard InChI is InChI=1S/C14H24N4O3/c1-16(2)10-13-8-7-12(21-13)6-4-5-9-17(3)14(15)11-18(19)20/h7-8,11H,4-6,9-10,15H2,1-3H3/b14-11+. The van der Waals surface area contributed by atoms with Crippen LogP contribution >= 0.6 is 0 Å². The maximum atomic E-state index is 10.3. The van der Waals surface area contributed by atoms with Gasteiger partial charge in [0.2, 0.25) is 0 Å². The van der Waals surface area contributed by atoms with Crippen LogP contribution < -0.4 is 5.73 Å². The fourth-order valence-corrected chi connectivity index (χ4v) is 1.94. The predicted molar refractivity (Wildman–Crippen MR) is 80.9 cm³/mol. The number of aryl methyl sites for hydroxylation is 1. The largest absolute Gasteiger partial charge is 0.465 e. The molecule has 0 aliphatic rings. The lowest BCUT2D eigenvalue weighted by atomic mass is 10.2. The van der Waals surface area contributed by atoms with Gasteiger partial charge in [0.15, 0.2) is 5.82 Å². The van der Waals surface area contributed by atoms with E-state index in [0.29, 0.717) is 6.54 Å². The van der Waals surface area contributed by atoms with E-state index in [1.54, 1.807) is 11.9 Å². The molecule has 0 aliphatic carbocycles. The molecule has 0 spiro atoms. The lowest BCUT2D eigenvalue weighted by molar-refractivity contribution is -0.404. The minimum atomic E-state index is -0.541. The number of rotatable bonds is 9. The van der Waals surface area contributed by atoms with Gasteiger partial charge in [0.25, 0.3) is 6.20 Å². The van der Waals surface area contributed by atoms with E-state index in [1.165, 1.54) is 0 Å². The molecule has 2 N–H and O–H groups in total. The van der Waals surface area contributed by atoms with E-state index < -0.39 is 4.92 Å². The van der Waals surface area contributed by atoms with Crippen LogP contribution in [0.3, 0.4) is 0 Å². The molecule has 1 aromatic rings. The van der Waals surface area contributed by atoms with Crippen LogP contribution in [0.4, 0.5) is 0 Å². The number of hydrogen-bond donors (Lipinski definition) is 1. The average Bonchev–Trinajstić information content (AvgIpc) is 2.80. The van der Waals surface area contributed by atoms with Crippen molar-refractivity contribution < 1.29 is 9.34 Å². The van der Waals surface area contributed by atoms with Gasteiger partial charge in [-0.15, -0.1) is 0 Å². The number of unbranched alkanes of at least 4 members (excludes halogenated alkanes) is 1. The second kappa shape index (κ2) is 8.31. The predicted octanol–water partition coefficient (Wildman–Crippen LogP) is 1.63. The van der Waals surface area contributed by atoms with Crippen molar-refractivity contribution >= 4 is 0 Å². The fraction of sp³-hybridized carbons (Fsp3) is 0.571. The lowest BCUT2D eigenvalue weighted by Crippen LogP contribution is -2.25. The van der Waals surface area contributed by atoms with E-state index in [2.05, 4.69) is 4.90 Å². The monoisotopic (exact) mass is 296 g/mol. The van der Waals surface area contributed by atoms with Crippen molar-refractivity contribution in [2.24, 2.45) is 5.73 Å². The maximum absolute atomic E-state index is 10.3. The van der Waals surface area contributed by atoms with Gasteiger partial charge < -0.3 is 20.0 Å². The number of nitrogens with zero attached hydrogens (tertiary/aromatic N) is 3. The van der Waals surface area contributed by atoms with Gasteiger partial charge in [-0.3, -0.25) is 10.1 Å². The summed E-state index contributed by atoms with van der Waals surface area (Å²) in [6.07, 6.45) is 3.53. The van der Waals surface area contributed by atoms with E-state index in [-0.39, 0.29) is 5.82 Å². The molecule has 0 amide bonds. The third kappa shape index (κ3) is 6.80. The highest BCUT2D eigenvalue weighted by molar-refractivity contribution is 5.07. The third-order valence-corrected chi connectivity index (χ3v) is 3.03. The first-order valence-corrected chi connectivity index (χ1v) is 6.92. The van der Waals surface area contributed by atoms with Crippen LogP contribution in [0.2, 0.25) is 0 Å². The Morgan fingerprint density at radius 1 is 1.33 bits per heavy atom. The molecule has 0 atom stereocenters. The van der Waals surface area contributed by atoms with Gasteiger partial charge in [0.1, 0.15) is 11.5 Å². The molecule has 0 unspecified atom stereocenters. The van der Waals surface area contributed by atoms with Crippen LogP contribution in [0.5, 0.6) is 0 Å². The highest BCUT2D eigenvalue weighted by Gasteiger charge is 2.06. The van der Waals surface area contributed by atoms with Crippen LogP contribution in [0.15, 0.2) is 28.6 Å². The number of nitrogens with two attached hydrogens (primary N) is 1. The minimum absolute atomic E-state index is 0.172. The van der Waals surface area contributed by atoms with Crippen molar-refractivity contribution in [3.05, 3.63) is 45.8 Å². The average molecular weight is 296 g/mol. The summed E-state index contributed by atoms with van der Waals surface area (Å²) in [5.74, 6) is 2.11. The summed E-state index contributed by atoms with van der Waals surface area (Å²) in [5, 5.41) is 10.3. The molecule has 0 saturated carbocycles. The Morgan fingerprint density at radius 2 is 2.00 bits per heavy atom. The molecule has 0 bridgehead atoms. The zero-order valence-electron chi connectivity index (χ0n) is 12.9. The maximum Gasteiger partial charge on any atom is 0.274 e. The second-order valence-corrected chi connectivity index (χ2v) is 5.32. The SMILES string of the molecule is CN(C)Cc1ccc(CCCCN(C)/C(N)=C/[N+](=O)[O-])o1. The summed E-state index contributed by atoms with van der Waals surface area (Å²) in [5.41, 5.74) is 5.58. The Kier molecular flexibility index (Phi) is 6.74. The first-order valence-electron chi connectivity index (χ1n) is 6.92. The highest BCUT2D eigenvalue weighted by Crippen LogP contribution is 2.12. The van der Waals surface area contributed by atoms with Gasteiger partial charge in [-0.05, 0) is 39.1 Å². The molecular weight excluding hydrogens is 272 g/mol. The molecule has 1 heterocycles. The molecule has 0 aliphatic heterocycles. The van der Waals surface area contributed by atoms with Crippen LogP contribution in [0.1, 0.15) is 24.4 Å². The van der Waals surface area contributed by atoms with Crippen molar-refractivity contribution in [1.82, 2.24) is 9.80 Å². The highest BCUT2D eigenvalue weighted by atomic mass is 16.6. The summed E-state index contributed by atoms with van der Waals surface area (Å²) in [4.78, 5) is 13.5. The van der Waals surface area contributed by atoms with Gasteiger partial charge >= 0.3 is 0 Å². The Balaban J connectivity index is 2.28. The number of hydrogen-bond acceptors (Lipinski definition) is 6. The Labute approximate surface area is 125 Å². The molecular formula is C14H24N4O3. The molecule has 0 fully saturated rings. The summed E-state index contributed by atoms with van der Waals surface area (Å²) in [7, 11) is 5.75. The van der Waals surface area contributed by atoms with Gasteiger partial charge in [-0.2, -0.15) is 0 Å². The molecule has 7 heteroatoms. The molecule has 0 aromatic carbocycles. The zero-order valence-corrected chi connectivity index (χ0v) is 12.9. The Hall–Kier alpha value is -2.02. The number of furan rings is 1. The second-order valence-electron chi connectivity index (χ2n) is 5.32. The van der Waals surface area contributed by atoms with Crippen LogP contribution in [0, 0.1) is 10.1 Å². The van der Waals surface area contributed by atoms with E-state index in [1.807, 2.05) is 26.2 Å². The van der Waals surface area contributed by atoms with E-state index in [4.69, 9.17) is 10.2 Å². The quantitative estimate of drug-likeness (QED) is 0.423. The van der Waals surface area contributed by atoms with E-state index in [9.17, 15) is 10.1 Å². The first kappa shape index (κ1) is 17.0. The lowest BCUT2D eigenvalue weighted by Gasteiger charge is -2.16. The van der Waals surface area contributed by atoms with Crippen molar-refractivity contribution in [1.29, 1.82) is 0 Å². The third-order valence-electron chi connectivity index (χ3n) is 3.03. The van der Waals surface area contributed by atoms with Crippen LogP contribution in [-0.4, -0.2) is 42.4 Å². The number of nitro groups is 1. The summed E-state index contributed by atoms with van der Waals surface area (Å²) in [6, 6.07) is 4.00. The molecule has 118 valence electrons. The van der Waals surface area contributed by atoms with Gasteiger partial charge in [-0.25, -0.2) is 0 Å². The molecule has 0 saturated heterocycles. The molecule has 21 heavy (non-hydrogen) atoms. The molecule has 1 rings (SSSR count). The van der Waals surface area contributed by atoms with Crippen molar-refractivity contribution in [3.8, 4) is 0 Å². The first-order chi connectivity index (χ1) is 9.88. The normalized spacial score (nSPS) is 11.9. The molecule has 0 radical (unpaired) electrons. The summed E-state index contributed by atoms with van der Waals surface area (Å²) >= 11 is 0. The Bertz CT molecular complexity index is 482. The molecule has 1 aromatic heterocycles. The topological polar surface area (TPSA) is 88.8 Å².